The van der Waals surface area contributed by atoms with Gasteiger partial charge in [0.25, 0.3) is 0 Å². The molecular weight excluding hydrogens is 331 g/mol. The molecular formula is C20H25FN4O. The molecule has 5 nitrogen and oxygen atoms in total. The van der Waals surface area contributed by atoms with Gasteiger partial charge in [-0.15, -0.1) is 0 Å². The lowest BCUT2D eigenvalue weighted by molar-refractivity contribution is -0.116. The zero-order valence-electron chi connectivity index (χ0n) is 15.1. The predicted octanol–water partition coefficient (Wildman–Crippen LogP) is 3.68. The fourth-order valence-corrected chi connectivity index (χ4v) is 3.09. The number of nitrogens with one attached hydrogen (secondary N) is 1. The maximum absolute atomic E-state index is 13.9. The second kappa shape index (κ2) is 8.65. The summed E-state index contributed by atoms with van der Waals surface area (Å²) in [6, 6.07) is 10.7. The summed E-state index contributed by atoms with van der Waals surface area (Å²) in [5.74, 6) is 0.729. The Labute approximate surface area is 153 Å². The number of rotatable bonds is 6. The highest BCUT2D eigenvalue weighted by molar-refractivity contribution is 5.90. The third-order valence-corrected chi connectivity index (χ3v) is 4.59. The van der Waals surface area contributed by atoms with E-state index < -0.39 is 0 Å². The Morgan fingerprint density at radius 2 is 1.85 bits per heavy atom. The third kappa shape index (κ3) is 4.50. The summed E-state index contributed by atoms with van der Waals surface area (Å²) in [6.45, 7) is 5.12. The molecule has 138 valence electrons. The number of piperazine rings is 1. The molecule has 2 heterocycles. The number of anilines is 3. The van der Waals surface area contributed by atoms with Gasteiger partial charge in [-0.3, -0.25) is 4.79 Å². The van der Waals surface area contributed by atoms with Crippen LogP contribution in [-0.2, 0) is 4.79 Å². The van der Waals surface area contributed by atoms with Crippen molar-refractivity contribution in [3.63, 3.8) is 0 Å². The third-order valence-electron chi connectivity index (χ3n) is 4.59. The molecule has 3 rings (SSSR count). The van der Waals surface area contributed by atoms with Crippen LogP contribution in [0.5, 0.6) is 0 Å². The van der Waals surface area contributed by atoms with Crippen LogP contribution in [-0.4, -0.2) is 37.1 Å². The van der Waals surface area contributed by atoms with Gasteiger partial charge < -0.3 is 15.1 Å². The minimum absolute atomic E-state index is 0.0277. The quantitative estimate of drug-likeness (QED) is 0.858. The van der Waals surface area contributed by atoms with Crippen molar-refractivity contribution in [2.45, 2.75) is 26.2 Å². The number of aromatic nitrogens is 1. The van der Waals surface area contributed by atoms with E-state index in [2.05, 4.69) is 27.0 Å². The van der Waals surface area contributed by atoms with Gasteiger partial charge >= 0.3 is 0 Å². The van der Waals surface area contributed by atoms with E-state index in [9.17, 15) is 9.18 Å². The first-order valence-electron chi connectivity index (χ1n) is 9.17. The van der Waals surface area contributed by atoms with E-state index in [1.807, 2.05) is 24.3 Å². The van der Waals surface area contributed by atoms with Crippen molar-refractivity contribution in [1.82, 2.24) is 4.98 Å². The largest absolute Gasteiger partial charge is 0.366 e. The SMILES string of the molecule is CCCCC(=O)Nc1ccc(N2CCN(c3ccccc3F)CC2)nc1. The molecule has 1 aromatic carbocycles. The van der Waals surface area contributed by atoms with Gasteiger partial charge in [-0.1, -0.05) is 25.5 Å². The maximum Gasteiger partial charge on any atom is 0.224 e. The Morgan fingerprint density at radius 3 is 2.50 bits per heavy atom. The number of hydrogen-bond acceptors (Lipinski definition) is 4. The first-order chi connectivity index (χ1) is 12.7. The number of amides is 1. The summed E-state index contributed by atoms with van der Waals surface area (Å²) in [4.78, 5) is 20.5. The molecule has 2 aromatic rings. The highest BCUT2D eigenvalue weighted by Gasteiger charge is 2.20. The first kappa shape index (κ1) is 18.2. The van der Waals surface area contributed by atoms with Crippen LogP contribution in [0.1, 0.15) is 26.2 Å². The number of halogens is 1. The number of benzene rings is 1. The molecule has 1 aromatic heterocycles. The lowest BCUT2D eigenvalue weighted by Gasteiger charge is -2.36. The molecule has 26 heavy (non-hydrogen) atoms. The summed E-state index contributed by atoms with van der Waals surface area (Å²) in [5.41, 5.74) is 1.38. The minimum atomic E-state index is -0.178. The maximum atomic E-state index is 13.9. The molecule has 1 aliphatic rings. The summed E-state index contributed by atoms with van der Waals surface area (Å²) in [6.07, 6.45) is 4.13. The zero-order chi connectivity index (χ0) is 18.4. The number of pyridine rings is 1. The van der Waals surface area contributed by atoms with E-state index >= 15 is 0 Å². The Hall–Kier alpha value is -2.63. The standard InChI is InChI=1S/C20H25FN4O/c1-2-3-8-20(26)23-16-9-10-19(22-15-16)25-13-11-24(12-14-25)18-7-5-4-6-17(18)21/h4-7,9-10,15H,2-3,8,11-14H2,1H3,(H,23,26). The first-order valence-corrected chi connectivity index (χ1v) is 9.17. The Morgan fingerprint density at radius 1 is 1.12 bits per heavy atom. The van der Waals surface area contributed by atoms with Crippen molar-refractivity contribution in [3.05, 3.63) is 48.4 Å². The van der Waals surface area contributed by atoms with Crippen molar-refractivity contribution < 1.29 is 9.18 Å². The topological polar surface area (TPSA) is 48.5 Å². The summed E-state index contributed by atoms with van der Waals surface area (Å²) in [5, 5.41) is 2.87. The normalized spacial score (nSPS) is 14.4. The Kier molecular flexibility index (Phi) is 6.04. The summed E-state index contributed by atoms with van der Waals surface area (Å²) < 4.78 is 13.9. The molecule has 0 bridgehead atoms. The fourth-order valence-electron chi connectivity index (χ4n) is 3.09. The van der Waals surface area contributed by atoms with E-state index in [4.69, 9.17) is 0 Å². The van der Waals surface area contributed by atoms with Crippen molar-refractivity contribution in [3.8, 4) is 0 Å². The van der Waals surface area contributed by atoms with E-state index in [-0.39, 0.29) is 11.7 Å². The lowest BCUT2D eigenvalue weighted by atomic mass is 10.2. The molecule has 0 radical (unpaired) electrons. The summed E-state index contributed by atoms with van der Waals surface area (Å²) in [7, 11) is 0. The molecule has 1 amide bonds. The van der Waals surface area contributed by atoms with Crippen LogP contribution in [0.2, 0.25) is 0 Å². The number of carbonyl (C=O) groups is 1. The van der Waals surface area contributed by atoms with Crippen LogP contribution in [0.15, 0.2) is 42.6 Å². The monoisotopic (exact) mass is 356 g/mol. The number of carbonyl (C=O) groups excluding carboxylic acids is 1. The lowest BCUT2D eigenvalue weighted by Crippen LogP contribution is -2.47. The number of hydrogen-bond donors (Lipinski definition) is 1. The van der Waals surface area contributed by atoms with Gasteiger partial charge in [-0.05, 0) is 30.7 Å². The van der Waals surface area contributed by atoms with Crippen LogP contribution in [0.4, 0.5) is 21.6 Å². The highest BCUT2D eigenvalue weighted by Crippen LogP contribution is 2.22. The van der Waals surface area contributed by atoms with E-state index in [1.165, 1.54) is 6.07 Å². The number of para-hydroxylation sites is 1. The second-order valence-electron chi connectivity index (χ2n) is 6.48. The van der Waals surface area contributed by atoms with Crippen LogP contribution in [0.3, 0.4) is 0 Å². The van der Waals surface area contributed by atoms with E-state index in [0.29, 0.717) is 12.1 Å². The molecule has 1 fully saturated rings. The molecule has 1 saturated heterocycles. The molecule has 1 N–H and O–H groups in total. The second-order valence-corrected chi connectivity index (χ2v) is 6.48. The number of unbranched alkanes of at least 4 members (excludes halogenated alkanes) is 1. The van der Waals surface area contributed by atoms with Crippen molar-refractivity contribution in [1.29, 1.82) is 0 Å². The van der Waals surface area contributed by atoms with Crippen LogP contribution in [0.25, 0.3) is 0 Å². The van der Waals surface area contributed by atoms with Crippen molar-refractivity contribution in [2.75, 3.05) is 41.3 Å². The van der Waals surface area contributed by atoms with Gasteiger partial charge in [0.2, 0.25) is 5.91 Å². The van der Waals surface area contributed by atoms with Crippen LogP contribution >= 0.6 is 0 Å². The smallest absolute Gasteiger partial charge is 0.224 e. The van der Waals surface area contributed by atoms with Crippen LogP contribution < -0.4 is 15.1 Å². The fraction of sp³-hybridized carbons (Fsp3) is 0.400. The molecule has 0 spiro atoms. The molecule has 6 heteroatoms. The average molecular weight is 356 g/mol. The predicted molar refractivity (Wildman–Crippen MR) is 103 cm³/mol. The highest BCUT2D eigenvalue weighted by atomic mass is 19.1. The average Bonchev–Trinajstić information content (AvgIpc) is 2.68. The minimum Gasteiger partial charge on any atom is -0.366 e. The van der Waals surface area contributed by atoms with Gasteiger partial charge in [0.15, 0.2) is 0 Å². The van der Waals surface area contributed by atoms with E-state index in [0.717, 1.165) is 50.5 Å². The molecule has 1 aliphatic heterocycles. The van der Waals surface area contributed by atoms with Crippen molar-refractivity contribution in [2.24, 2.45) is 0 Å². The van der Waals surface area contributed by atoms with Gasteiger partial charge in [-0.2, -0.15) is 0 Å². The molecule has 0 atom stereocenters. The van der Waals surface area contributed by atoms with Crippen LogP contribution in [0, 0.1) is 5.82 Å². The number of nitrogens with zero attached hydrogens (tertiary/aromatic N) is 3. The van der Waals surface area contributed by atoms with Gasteiger partial charge in [0.1, 0.15) is 11.6 Å². The van der Waals surface area contributed by atoms with Gasteiger partial charge in [0, 0.05) is 32.6 Å². The molecule has 0 unspecified atom stereocenters. The van der Waals surface area contributed by atoms with Crippen molar-refractivity contribution >= 4 is 23.1 Å². The Balaban J connectivity index is 1.55. The zero-order valence-corrected chi connectivity index (χ0v) is 15.1. The van der Waals surface area contributed by atoms with Gasteiger partial charge in [0.05, 0.1) is 17.6 Å². The molecule has 0 aliphatic carbocycles. The molecule has 0 saturated carbocycles. The van der Waals surface area contributed by atoms with Gasteiger partial charge in [-0.25, -0.2) is 9.37 Å². The Bertz CT molecular complexity index is 727. The summed E-state index contributed by atoms with van der Waals surface area (Å²) >= 11 is 0. The van der Waals surface area contributed by atoms with E-state index in [1.54, 1.807) is 12.3 Å².